The van der Waals surface area contributed by atoms with E-state index in [2.05, 4.69) is 0 Å². The first-order chi connectivity index (χ1) is 5.93. The molecule has 0 saturated heterocycles. The summed E-state index contributed by atoms with van der Waals surface area (Å²) in [5.74, 6) is -1.14. The van der Waals surface area contributed by atoms with Gasteiger partial charge in [-0.05, 0) is 26.3 Å². The Hall–Kier alpha value is -0.860. The lowest BCUT2D eigenvalue weighted by Crippen LogP contribution is -2.25. The topological polar surface area (TPSA) is 29.5 Å². The van der Waals surface area contributed by atoms with E-state index in [9.17, 15) is 5.11 Å². The maximum absolute atomic E-state index is 9.96. The lowest BCUT2D eigenvalue weighted by molar-refractivity contribution is -0.237. The minimum Gasteiger partial charge on any atom is -0.362 e. The van der Waals surface area contributed by atoms with Crippen LogP contribution in [0.4, 0.5) is 0 Å². The second-order valence-corrected chi connectivity index (χ2v) is 4.14. The molecule has 0 bridgehead atoms. The molecular weight excluding hydrogens is 164 g/mol. The van der Waals surface area contributed by atoms with Crippen molar-refractivity contribution in [1.82, 2.24) is 0 Å². The molecule has 2 heteroatoms. The second-order valence-electron chi connectivity index (χ2n) is 4.14. The smallest absolute Gasteiger partial charge is 0.190 e. The summed E-state index contributed by atoms with van der Waals surface area (Å²) >= 11 is 0. The summed E-state index contributed by atoms with van der Waals surface area (Å²) in [6.45, 7) is 5.61. The highest BCUT2D eigenvalue weighted by atomic mass is 16.6. The standard InChI is InChI=1S/C11H14O2/c1-10(2)8-6-4-5-7-9(8)11(3,12)13-10/h4-7,12H,1-3H3/t11-/m0/s1. The third-order valence-corrected chi connectivity index (χ3v) is 2.53. The van der Waals surface area contributed by atoms with E-state index in [1.807, 2.05) is 38.1 Å². The van der Waals surface area contributed by atoms with Crippen molar-refractivity contribution in [2.75, 3.05) is 0 Å². The van der Waals surface area contributed by atoms with Crippen molar-refractivity contribution < 1.29 is 9.84 Å². The lowest BCUT2D eigenvalue weighted by Gasteiger charge is -2.23. The second kappa shape index (κ2) is 2.34. The Morgan fingerprint density at radius 3 is 2.15 bits per heavy atom. The molecule has 0 aliphatic carbocycles. The maximum atomic E-state index is 9.96. The van der Waals surface area contributed by atoms with E-state index in [1.54, 1.807) is 6.92 Å². The fourth-order valence-electron chi connectivity index (χ4n) is 2.02. The van der Waals surface area contributed by atoms with Crippen LogP contribution in [0.15, 0.2) is 24.3 Å². The first kappa shape index (κ1) is 8.73. The summed E-state index contributed by atoms with van der Waals surface area (Å²) < 4.78 is 5.56. The molecule has 1 aliphatic rings. The number of hydrogen-bond donors (Lipinski definition) is 1. The van der Waals surface area contributed by atoms with E-state index in [-0.39, 0.29) is 5.60 Å². The molecule has 2 rings (SSSR count). The van der Waals surface area contributed by atoms with Gasteiger partial charge in [0.15, 0.2) is 5.79 Å². The van der Waals surface area contributed by atoms with E-state index in [4.69, 9.17) is 4.74 Å². The number of benzene rings is 1. The highest BCUT2D eigenvalue weighted by Crippen LogP contribution is 2.44. The van der Waals surface area contributed by atoms with E-state index in [1.165, 1.54) is 0 Å². The van der Waals surface area contributed by atoms with Crippen molar-refractivity contribution in [2.45, 2.75) is 32.2 Å². The molecule has 0 unspecified atom stereocenters. The molecule has 0 amide bonds. The van der Waals surface area contributed by atoms with Gasteiger partial charge in [0.1, 0.15) is 0 Å². The van der Waals surface area contributed by atoms with Crippen molar-refractivity contribution in [1.29, 1.82) is 0 Å². The molecule has 1 aromatic rings. The van der Waals surface area contributed by atoms with Gasteiger partial charge in [-0.1, -0.05) is 24.3 Å². The van der Waals surface area contributed by atoms with Gasteiger partial charge in [0.25, 0.3) is 0 Å². The number of ether oxygens (including phenoxy) is 1. The van der Waals surface area contributed by atoms with Crippen LogP contribution in [0.3, 0.4) is 0 Å². The van der Waals surface area contributed by atoms with Crippen molar-refractivity contribution in [3.63, 3.8) is 0 Å². The average Bonchev–Trinajstić information content (AvgIpc) is 2.20. The minimum atomic E-state index is -1.14. The van der Waals surface area contributed by atoms with Crippen LogP contribution < -0.4 is 0 Å². The van der Waals surface area contributed by atoms with Gasteiger partial charge in [0.05, 0.1) is 5.60 Å². The van der Waals surface area contributed by atoms with Crippen LogP contribution >= 0.6 is 0 Å². The van der Waals surface area contributed by atoms with Crippen molar-refractivity contribution in [3.05, 3.63) is 35.4 Å². The number of hydrogen-bond acceptors (Lipinski definition) is 2. The Balaban J connectivity index is 2.64. The molecule has 1 aliphatic heterocycles. The molecule has 0 fully saturated rings. The third kappa shape index (κ3) is 1.18. The fraction of sp³-hybridized carbons (Fsp3) is 0.455. The normalized spacial score (nSPS) is 30.2. The molecular formula is C11H14O2. The van der Waals surface area contributed by atoms with Crippen LogP contribution in [-0.2, 0) is 16.1 Å². The van der Waals surface area contributed by atoms with Crippen LogP contribution in [0.5, 0.6) is 0 Å². The maximum Gasteiger partial charge on any atom is 0.190 e. The van der Waals surface area contributed by atoms with Crippen LogP contribution in [-0.4, -0.2) is 5.11 Å². The van der Waals surface area contributed by atoms with Crippen molar-refractivity contribution >= 4 is 0 Å². The van der Waals surface area contributed by atoms with Gasteiger partial charge in [-0.3, -0.25) is 0 Å². The summed E-state index contributed by atoms with van der Waals surface area (Å²) in [6.07, 6.45) is 0. The van der Waals surface area contributed by atoms with Crippen LogP contribution in [0.25, 0.3) is 0 Å². The summed E-state index contributed by atoms with van der Waals surface area (Å²) in [7, 11) is 0. The van der Waals surface area contributed by atoms with Gasteiger partial charge < -0.3 is 9.84 Å². The van der Waals surface area contributed by atoms with Crippen LogP contribution in [0, 0.1) is 0 Å². The van der Waals surface area contributed by atoms with Gasteiger partial charge in [-0.25, -0.2) is 0 Å². The highest BCUT2D eigenvalue weighted by molar-refractivity contribution is 5.38. The van der Waals surface area contributed by atoms with Gasteiger partial charge in [-0.15, -0.1) is 0 Å². The largest absolute Gasteiger partial charge is 0.362 e. The van der Waals surface area contributed by atoms with Crippen LogP contribution in [0.1, 0.15) is 31.9 Å². The molecule has 1 atom stereocenters. The van der Waals surface area contributed by atoms with Gasteiger partial charge in [0, 0.05) is 5.56 Å². The molecule has 0 spiro atoms. The summed E-state index contributed by atoms with van der Waals surface area (Å²) in [4.78, 5) is 0. The average molecular weight is 178 g/mol. The number of rotatable bonds is 0. The molecule has 70 valence electrons. The number of aliphatic hydroxyl groups is 1. The molecule has 0 aromatic heterocycles. The fourth-order valence-corrected chi connectivity index (χ4v) is 2.02. The molecule has 0 saturated carbocycles. The van der Waals surface area contributed by atoms with E-state index >= 15 is 0 Å². The number of fused-ring (bicyclic) bond motifs is 1. The quantitative estimate of drug-likeness (QED) is 0.659. The van der Waals surface area contributed by atoms with Crippen molar-refractivity contribution in [3.8, 4) is 0 Å². The monoisotopic (exact) mass is 178 g/mol. The Morgan fingerprint density at radius 1 is 1.08 bits per heavy atom. The Bertz CT molecular complexity index is 307. The summed E-state index contributed by atoms with van der Waals surface area (Å²) in [6, 6.07) is 7.78. The summed E-state index contributed by atoms with van der Waals surface area (Å²) in [5.41, 5.74) is 1.56. The molecule has 1 heterocycles. The van der Waals surface area contributed by atoms with Gasteiger partial charge >= 0.3 is 0 Å². The Morgan fingerprint density at radius 2 is 1.62 bits per heavy atom. The summed E-state index contributed by atoms with van der Waals surface area (Å²) in [5, 5.41) is 9.96. The Labute approximate surface area is 78.2 Å². The first-order valence-corrected chi connectivity index (χ1v) is 4.46. The van der Waals surface area contributed by atoms with Gasteiger partial charge in [0.2, 0.25) is 0 Å². The zero-order chi connectivity index (χ0) is 9.69. The Kier molecular flexibility index (Phi) is 1.57. The van der Waals surface area contributed by atoms with E-state index in [0.29, 0.717) is 0 Å². The lowest BCUT2D eigenvalue weighted by atomic mass is 9.94. The molecule has 2 nitrogen and oxygen atoms in total. The predicted molar refractivity (Wildman–Crippen MR) is 50.1 cm³/mol. The first-order valence-electron chi connectivity index (χ1n) is 4.46. The predicted octanol–water partition coefficient (Wildman–Crippen LogP) is 2.12. The van der Waals surface area contributed by atoms with Crippen molar-refractivity contribution in [2.24, 2.45) is 0 Å². The van der Waals surface area contributed by atoms with E-state index < -0.39 is 5.79 Å². The van der Waals surface area contributed by atoms with Crippen LogP contribution in [0.2, 0.25) is 0 Å². The molecule has 13 heavy (non-hydrogen) atoms. The van der Waals surface area contributed by atoms with Gasteiger partial charge in [-0.2, -0.15) is 0 Å². The van der Waals surface area contributed by atoms with E-state index in [0.717, 1.165) is 11.1 Å². The molecule has 0 radical (unpaired) electrons. The highest BCUT2D eigenvalue weighted by Gasteiger charge is 2.44. The zero-order valence-electron chi connectivity index (χ0n) is 8.16. The zero-order valence-corrected chi connectivity index (χ0v) is 8.16. The third-order valence-electron chi connectivity index (χ3n) is 2.53. The minimum absolute atomic E-state index is 0.389. The molecule has 1 aromatic carbocycles. The SMILES string of the molecule is CC1(C)O[C@](C)(O)c2ccccc21. The molecule has 1 N–H and O–H groups in total.